The zero-order chi connectivity index (χ0) is 13.8. The van der Waals surface area contributed by atoms with Crippen LogP contribution in [0.2, 0.25) is 0 Å². The van der Waals surface area contributed by atoms with Gasteiger partial charge in [-0.2, -0.15) is 0 Å². The normalized spacial score (nSPS) is 10.2. The molecule has 0 atom stereocenters. The predicted octanol–water partition coefficient (Wildman–Crippen LogP) is 2.21. The number of carbonyl (C=O) groups is 1. The van der Waals surface area contributed by atoms with Crippen molar-refractivity contribution >= 4 is 5.91 Å². The first kappa shape index (κ1) is 13.0. The second-order valence-corrected chi connectivity index (χ2v) is 3.85. The van der Waals surface area contributed by atoms with Gasteiger partial charge in [0, 0.05) is 5.56 Å². The summed E-state index contributed by atoms with van der Waals surface area (Å²) in [5.74, 6) is -1.25. The molecule has 0 aliphatic heterocycles. The predicted molar refractivity (Wildman–Crippen MR) is 67.4 cm³/mol. The fourth-order valence-electron chi connectivity index (χ4n) is 1.66. The molecule has 0 saturated heterocycles. The SMILES string of the molecule is NC(=O)c1ccccc1Oc1c(F)cccc1CO. The molecule has 0 unspecified atom stereocenters. The molecule has 98 valence electrons. The van der Waals surface area contributed by atoms with Crippen molar-refractivity contribution in [1.29, 1.82) is 0 Å². The summed E-state index contributed by atoms with van der Waals surface area (Å²) in [6, 6.07) is 10.5. The van der Waals surface area contributed by atoms with Gasteiger partial charge in [0.1, 0.15) is 5.75 Å². The van der Waals surface area contributed by atoms with Gasteiger partial charge in [0.2, 0.25) is 0 Å². The summed E-state index contributed by atoms with van der Waals surface area (Å²) in [6.07, 6.45) is 0. The van der Waals surface area contributed by atoms with E-state index in [4.69, 9.17) is 15.6 Å². The van der Waals surface area contributed by atoms with Gasteiger partial charge in [0.15, 0.2) is 11.6 Å². The Labute approximate surface area is 109 Å². The molecule has 0 aliphatic rings. The number of primary amides is 1. The van der Waals surface area contributed by atoms with E-state index >= 15 is 0 Å². The van der Waals surface area contributed by atoms with Crippen LogP contribution >= 0.6 is 0 Å². The Morgan fingerprint density at radius 2 is 1.95 bits per heavy atom. The van der Waals surface area contributed by atoms with Crippen LogP contribution in [0.4, 0.5) is 4.39 Å². The van der Waals surface area contributed by atoms with Gasteiger partial charge >= 0.3 is 0 Å². The first-order chi connectivity index (χ1) is 9.13. The number of amides is 1. The van der Waals surface area contributed by atoms with Crippen molar-refractivity contribution in [2.24, 2.45) is 5.73 Å². The number of aliphatic hydroxyl groups excluding tert-OH is 1. The van der Waals surface area contributed by atoms with Gasteiger partial charge in [-0.05, 0) is 18.2 Å². The third-order valence-corrected chi connectivity index (χ3v) is 2.58. The number of aliphatic hydroxyl groups is 1. The van der Waals surface area contributed by atoms with Gasteiger partial charge < -0.3 is 15.6 Å². The van der Waals surface area contributed by atoms with E-state index in [2.05, 4.69) is 0 Å². The Kier molecular flexibility index (Phi) is 3.77. The van der Waals surface area contributed by atoms with Crippen LogP contribution in [0.5, 0.6) is 11.5 Å². The summed E-state index contributed by atoms with van der Waals surface area (Å²) in [5.41, 5.74) is 5.65. The molecule has 19 heavy (non-hydrogen) atoms. The van der Waals surface area contributed by atoms with E-state index < -0.39 is 11.7 Å². The van der Waals surface area contributed by atoms with Crippen LogP contribution < -0.4 is 10.5 Å². The van der Waals surface area contributed by atoms with Crippen LogP contribution in [0.1, 0.15) is 15.9 Å². The Hall–Kier alpha value is -2.40. The summed E-state index contributed by atoms with van der Waals surface area (Å²) in [7, 11) is 0. The van der Waals surface area contributed by atoms with Crippen LogP contribution in [0.3, 0.4) is 0 Å². The van der Waals surface area contributed by atoms with Crippen molar-refractivity contribution in [2.45, 2.75) is 6.61 Å². The molecule has 2 aromatic carbocycles. The summed E-state index contributed by atoms with van der Waals surface area (Å²) in [5, 5.41) is 9.16. The number of ether oxygens (including phenoxy) is 1. The maximum absolute atomic E-state index is 13.7. The fourth-order valence-corrected chi connectivity index (χ4v) is 1.66. The number of halogens is 1. The van der Waals surface area contributed by atoms with Gasteiger partial charge in [-0.15, -0.1) is 0 Å². The summed E-state index contributed by atoms with van der Waals surface area (Å²) in [4.78, 5) is 11.3. The molecule has 0 heterocycles. The molecule has 0 saturated carbocycles. The first-order valence-electron chi connectivity index (χ1n) is 5.58. The second-order valence-electron chi connectivity index (χ2n) is 3.85. The van der Waals surface area contributed by atoms with E-state index in [1.54, 1.807) is 12.1 Å². The minimum atomic E-state index is -0.669. The van der Waals surface area contributed by atoms with Gasteiger partial charge in [0.25, 0.3) is 5.91 Å². The van der Waals surface area contributed by atoms with E-state index in [1.807, 2.05) is 0 Å². The lowest BCUT2D eigenvalue weighted by Gasteiger charge is -2.12. The Morgan fingerprint density at radius 3 is 2.63 bits per heavy atom. The lowest BCUT2D eigenvalue weighted by atomic mass is 10.1. The van der Waals surface area contributed by atoms with Gasteiger partial charge in [-0.3, -0.25) is 4.79 Å². The van der Waals surface area contributed by atoms with Crippen LogP contribution in [-0.2, 0) is 6.61 Å². The third-order valence-electron chi connectivity index (χ3n) is 2.58. The molecule has 0 aromatic heterocycles. The first-order valence-corrected chi connectivity index (χ1v) is 5.58. The molecule has 0 fully saturated rings. The molecule has 0 spiro atoms. The lowest BCUT2D eigenvalue weighted by molar-refractivity contribution is 0.0998. The van der Waals surface area contributed by atoms with Crippen molar-refractivity contribution in [3.8, 4) is 11.5 Å². The highest BCUT2D eigenvalue weighted by atomic mass is 19.1. The third kappa shape index (κ3) is 2.71. The lowest BCUT2D eigenvalue weighted by Crippen LogP contribution is -2.12. The number of hydrogen-bond donors (Lipinski definition) is 2. The molecule has 4 nitrogen and oxygen atoms in total. The Bertz CT molecular complexity index is 613. The number of para-hydroxylation sites is 2. The smallest absolute Gasteiger partial charge is 0.252 e. The molecule has 0 radical (unpaired) electrons. The number of benzene rings is 2. The molecule has 2 rings (SSSR count). The zero-order valence-corrected chi connectivity index (χ0v) is 9.97. The van der Waals surface area contributed by atoms with Crippen LogP contribution in [0, 0.1) is 5.82 Å². The highest BCUT2D eigenvalue weighted by molar-refractivity contribution is 5.95. The minimum absolute atomic E-state index is 0.112. The number of carbonyl (C=O) groups excluding carboxylic acids is 1. The quantitative estimate of drug-likeness (QED) is 0.886. The summed E-state index contributed by atoms with van der Waals surface area (Å²) in [6.45, 7) is -0.369. The van der Waals surface area contributed by atoms with Crippen molar-refractivity contribution in [2.75, 3.05) is 0 Å². The molecule has 2 aromatic rings. The highest BCUT2D eigenvalue weighted by Gasteiger charge is 2.14. The van der Waals surface area contributed by atoms with Gasteiger partial charge in [0.05, 0.1) is 12.2 Å². The van der Waals surface area contributed by atoms with Crippen molar-refractivity contribution < 1.29 is 19.0 Å². The number of rotatable bonds is 4. The van der Waals surface area contributed by atoms with E-state index in [1.165, 1.54) is 30.3 Å². The average Bonchev–Trinajstić information content (AvgIpc) is 2.41. The molecule has 0 aliphatic carbocycles. The minimum Gasteiger partial charge on any atom is -0.453 e. The van der Waals surface area contributed by atoms with Gasteiger partial charge in [-0.1, -0.05) is 24.3 Å². The topological polar surface area (TPSA) is 72.6 Å². The molecule has 3 N–H and O–H groups in total. The second kappa shape index (κ2) is 5.49. The van der Waals surface area contributed by atoms with Crippen LogP contribution in [0.15, 0.2) is 42.5 Å². The monoisotopic (exact) mass is 261 g/mol. The Balaban J connectivity index is 2.45. The van der Waals surface area contributed by atoms with Crippen molar-refractivity contribution in [3.63, 3.8) is 0 Å². The average molecular weight is 261 g/mol. The Morgan fingerprint density at radius 1 is 1.21 bits per heavy atom. The standard InChI is InChI=1S/C14H12FNO3/c15-11-6-3-4-9(8-17)13(11)19-12-7-2-1-5-10(12)14(16)18/h1-7,17H,8H2,(H2,16,18). The molecule has 1 amide bonds. The van der Waals surface area contributed by atoms with E-state index in [9.17, 15) is 9.18 Å². The maximum atomic E-state index is 13.7. The largest absolute Gasteiger partial charge is 0.453 e. The zero-order valence-electron chi connectivity index (χ0n) is 9.97. The van der Waals surface area contributed by atoms with Crippen LogP contribution in [-0.4, -0.2) is 11.0 Å². The van der Waals surface area contributed by atoms with E-state index in [-0.39, 0.29) is 23.7 Å². The summed E-state index contributed by atoms with van der Waals surface area (Å²) >= 11 is 0. The highest BCUT2D eigenvalue weighted by Crippen LogP contribution is 2.30. The molecule has 5 heteroatoms. The van der Waals surface area contributed by atoms with Crippen molar-refractivity contribution in [1.82, 2.24) is 0 Å². The maximum Gasteiger partial charge on any atom is 0.252 e. The molecular formula is C14H12FNO3. The summed E-state index contributed by atoms with van der Waals surface area (Å²) < 4.78 is 19.1. The van der Waals surface area contributed by atoms with Crippen LogP contribution in [0.25, 0.3) is 0 Å². The number of hydrogen-bond acceptors (Lipinski definition) is 3. The fraction of sp³-hybridized carbons (Fsp3) is 0.0714. The van der Waals surface area contributed by atoms with E-state index in [0.717, 1.165) is 0 Å². The van der Waals surface area contributed by atoms with Crippen molar-refractivity contribution in [3.05, 3.63) is 59.4 Å². The van der Waals surface area contributed by atoms with E-state index in [0.29, 0.717) is 5.56 Å². The molecular weight excluding hydrogens is 249 g/mol. The van der Waals surface area contributed by atoms with Gasteiger partial charge in [-0.25, -0.2) is 4.39 Å². The molecule has 0 bridgehead atoms. The number of nitrogens with two attached hydrogens (primary N) is 1.